The van der Waals surface area contributed by atoms with Gasteiger partial charge >= 0.3 is 5.97 Å². The SMILES string of the molecule is C[C@@H](OC(=O)c1ccc(Cl)nc1)C(=O)NNC(=O)c1ccccc1. The van der Waals surface area contributed by atoms with Crippen LogP contribution in [0.25, 0.3) is 0 Å². The van der Waals surface area contributed by atoms with Crippen LogP contribution in [-0.2, 0) is 9.53 Å². The molecule has 1 atom stereocenters. The number of esters is 1. The number of nitrogens with zero attached hydrogens (tertiary/aromatic N) is 1. The molecule has 0 aliphatic carbocycles. The van der Waals surface area contributed by atoms with Crippen LogP contribution in [0.1, 0.15) is 27.6 Å². The van der Waals surface area contributed by atoms with Crippen LogP contribution in [0.5, 0.6) is 0 Å². The van der Waals surface area contributed by atoms with Crippen LogP contribution in [0.4, 0.5) is 0 Å². The smallest absolute Gasteiger partial charge is 0.340 e. The molecule has 0 bridgehead atoms. The van der Waals surface area contributed by atoms with Gasteiger partial charge in [0.1, 0.15) is 5.15 Å². The highest BCUT2D eigenvalue weighted by molar-refractivity contribution is 6.29. The van der Waals surface area contributed by atoms with Crippen molar-refractivity contribution in [3.05, 3.63) is 64.9 Å². The lowest BCUT2D eigenvalue weighted by Gasteiger charge is -2.14. The number of carbonyl (C=O) groups is 3. The van der Waals surface area contributed by atoms with Crippen molar-refractivity contribution in [3.63, 3.8) is 0 Å². The fourth-order valence-corrected chi connectivity index (χ4v) is 1.77. The van der Waals surface area contributed by atoms with Crippen molar-refractivity contribution in [3.8, 4) is 0 Å². The summed E-state index contributed by atoms with van der Waals surface area (Å²) >= 11 is 5.63. The number of benzene rings is 1. The van der Waals surface area contributed by atoms with Gasteiger partial charge < -0.3 is 4.74 Å². The number of ether oxygens (including phenoxy) is 1. The maximum absolute atomic E-state index is 11.9. The molecule has 24 heavy (non-hydrogen) atoms. The molecule has 1 aromatic heterocycles. The lowest BCUT2D eigenvalue weighted by Crippen LogP contribution is -2.46. The number of hydrogen-bond donors (Lipinski definition) is 2. The number of carbonyl (C=O) groups excluding carboxylic acids is 3. The van der Waals surface area contributed by atoms with Crippen molar-refractivity contribution in [2.45, 2.75) is 13.0 Å². The summed E-state index contributed by atoms with van der Waals surface area (Å²) in [7, 11) is 0. The fraction of sp³-hybridized carbons (Fsp3) is 0.125. The summed E-state index contributed by atoms with van der Waals surface area (Å²) in [6, 6.07) is 11.2. The van der Waals surface area contributed by atoms with Gasteiger partial charge in [-0.25, -0.2) is 9.78 Å². The Morgan fingerprint density at radius 2 is 1.75 bits per heavy atom. The molecule has 0 saturated carbocycles. The molecule has 1 aromatic carbocycles. The number of rotatable bonds is 4. The summed E-state index contributed by atoms with van der Waals surface area (Å²) in [5, 5.41) is 0.237. The molecular weight excluding hydrogens is 334 g/mol. The Morgan fingerprint density at radius 1 is 1.04 bits per heavy atom. The topological polar surface area (TPSA) is 97.4 Å². The molecule has 0 aliphatic rings. The number of pyridine rings is 1. The Hall–Kier alpha value is -2.93. The average Bonchev–Trinajstić information content (AvgIpc) is 2.60. The zero-order valence-corrected chi connectivity index (χ0v) is 13.4. The second-order valence-electron chi connectivity index (χ2n) is 4.73. The Kier molecular flexibility index (Phi) is 5.86. The third-order valence-electron chi connectivity index (χ3n) is 2.95. The molecule has 2 rings (SSSR count). The first-order valence-electron chi connectivity index (χ1n) is 6.95. The molecule has 2 N–H and O–H groups in total. The van der Waals surface area contributed by atoms with E-state index in [1.165, 1.54) is 25.3 Å². The molecular formula is C16H14ClN3O4. The van der Waals surface area contributed by atoms with Crippen molar-refractivity contribution in [1.29, 1.82) is 0 Å². The van der Waals surface area contributed by atoms with E-state index in [0.717, 1.165) is 0 Å². The third kappa shape index (κ3) is 4.79. The van der Waals surface area contributed by atoms with Gasteiger partial charge in [0.05, 0.1) is 5.56 Å². The van der Waals surface area contributed by atoms with Gasteiger partial charge in [-0.15, -0.1) is 0 Å². The van der Waals surface area contributed by atoms with Gasteiger partial charge in [-0.3, -0.25) is 20.4 Å². The molecule has 0 fully saturated rings. The Balaban J connectivity index is 1.84. The summed E-state index contributed by atoms with van der Waals surface area (Å²) in [6.07, 6.45) is 0.135. The van der Waals surface area contributed by atoms with Gasteiger partial charge in [0.25, 0.3) is 11.8 Å². The van der Waals surface area contributed by atoms with Gasteiger partial charge in [0.15, 0.2) is 6.10 Å². The van der Waals surface area contributed by atoms with E-state index in [-0.39, 0.29) is 10.7 Å². The predicted octanol–water partition coefficient (Wildman–Crippen LogP) is 1.74. The second-order valence-corrected chi connectivity index (χ2v) is 5.11. The van der Waals surface area contributed by atoms with Crippen molar-refractivity contribution >= 4 is 29.4 Å². The van der Waals surface area contributed by atoms with Gasteiger partial charge in [-0.05, 0) is 31.2 Å². The van der Waals surface area contributed by atoms with Crippen molar-refractivity contribution < 1.29 is 19.1 Å². The summed E-state index contributed by atoms with van der Waals surface area (Å²) in [5.74, 6) is -1.88. The van der Waals surface area contributed by atoms with E-state index in [1.54, 1.807) is 30.3 Å². The molecule has 8 heteroatoms. The van der Waals surface area contributed by atoms with Gasteiger partial charge in [0, 0.05) is 11.8 Å². The standard InChI is InChI=1S/C16H14ClN3O4/c1-10(24-16(23)12-7-8-13(17)18-9-12)14(21)19-20-15(22)11-5-3-2-4-6-11/h2-10H,1H3,(H,19,21)(H,20,22)/t10-/m1/s1. The van der Waals surface area contributed by atoms with Crippen LogP contribution in [0, 0.1) is 0 Å². The summed E-state index contributed by atoms with van der Waals surface area (Å²) < 4.78 is 4.99. The van der Waals surface area contributed by atoms with E-state index >= 15 is 0 Å². The summed E-state index contributed by atoms with van der Waals surface area (Å²) in [4.78, 5) is 39.3. The Morgan fingerprint density at radius 3 is 2.38 bits per heavy atom. The zero-order chi connectivity index (χ0) is 17.5. The van der Waals surface area contributed by atoms with Crippen LogP contribution >= 0.6 is 11.6 Å². The number of nitrogens with one attached hydrogen (secondary N) is 2. The van der Waals surface area contributed by atoms with Crippen LogP contribution < -0.4 is 10.9 Å². The Labute approximate surface area is 143 Å². The Bertz CT molecular complexity index is 735. The predicted molar refractivity (Wildman–Crippen MR) is 86.2 cm³/mol. The molecule has 2 aromatic rings. The lowest BCUT2D eigenvalue weighted by molar-refractivity contribution is -0.129. The first-order chi connectivity index (χ1) is 11.5. The highest BCUT2D eigenvalue weighted by Crippen LogP contribution is 2.07. The first kappa shape index (κ1) is 17.4. The minimum Gasteiger partial charge on any atom is -0.449 e. The van der Waals surface area contributed by atoms with Crippen LogP contribution in [0.15, 0.2) is 48.7 Å². The van der Waals surface area contributed by atoms with E-state index in [1.807, 2.05) is 0 Å². The van der Waals surface area contributed by atoms with E-state index in [2.05, 4.69) is 15.8 Å². The van der Waals surface area contributed by atoms with Crippen LogP contribution in [0.2, 0.25) is 5.15 Å². The van der Waals surface area contributed by atoms with Gasteiger partial charge in [-0.1, -0.05) is 29.8 Å². The quantitative estimate of drug-likeness (QED) is 0.499. The third-order valence-corrected chi connectivity index (χ3v) is 3.17. The number of aromatic nitrogens is 1. The summed E-state index contributed by atoms with van der Waals surface area (Å²) in [5.41, 5.74) is 4.98. The summed E-state index contributed by atoms with van der Waals surface area (Å²) in [6.45, 7) is 1.38. The number of hydrazine groups is 1. The highest BCUT2D eigenvalue weighted by Gasteiger charge is 2.19. The lowest BCUT2D eigenvalue weighted by atomic mass is 10.2. The molecule has 124 valence electrons. The van der Waals surface area contributed by atoms with Crippen molar-refractivity contribution in [2.24, 2.45) is 0 Å². The first-order valence-corrected chi connectivity index (χ1v) is 7.33. The maximum atomic E-state index is 11.9. The maximum Gasteiger partial charge on any atom is 0.340 e. The molecule has 0 aliphatic heterocycles. The molecule has 0 saturated heterocycles. The van der Waals surface area contributed by atoms with E-state index < -0.39 is 23.9 Å². The largest absolute Gasteiger partial charge is 0.449 e. The van der Waals surface area contributed by atoms with Crippen LogP contribution in [-0.4, -0.2) is 28.9 Å². The zero-order valence-electron chi connectivity index (χ0n) is 12.7. The van der Waals surface area contributed by atoms with Gasteiger partial charge in [-0.2, -0.15) is 0 Å². The fourth-order valence-electron chi connectivity index (χ4n) is 1.66. The van der Waals surface area contributed by atoms with E-state index in [4.69, 9.17) is 16.3 Å². The molecule has 0 unspecified atom stereocenters. The number of halogens is 1. The van der Waals surface area contributed by atoms with E-state index in [0.29, 0.717) is 5.56 Å². The normalized spacial score (nSPS) is 11.2. The minimum atomic E-state index is -1.11. The van der Waals surface area contributed by atoms with E-state index in [9.17, 15) is 14.4 Å². The van der Waals surface area contributed by atoms with Gasteiger partial charge in [0.2, 0.25) is 0 Å². The highest BCUT2D eigenvalue weighted by atomic mass is 35.5. The number of hydrogen-bond acceptors (Lipinski definition) is 5. The molecule has 0 radical (unpaired) electrons. The molecule has 0 spiro atoms. The minimum absolute atomic E-state index is 0.160. The van der Waals surface area contributed by atoms with Crippen molar-refractivity contribution in [2.75, 3.05) is 0 Å². The molecule has 1 heterocycles. The average molecular weight is 348 g/mol. The molecule has 2 amide bonds. The molecule has 7 nitrogen and oxygen atoms in total. The second kappa shape index (κ2) is 8.07. The van der Waals surface area contributed by atoms with Crippen LogP contribution in [0.3, 0.4) is 0 Å². The number of amides is 2. The monoisotopic (exact) mass is 347 g/mol. The van der Waals surface area contributed by atoms with Crippen molar-refractivity contribution in [1.82, 2.24) is 15.8 Å².